The zero-order valence-electron chi connectivity index (χ0n) is 24.5. The highest BCUT2D eigenvalue weighted by Gasteiger charge is 2.28. The number of nitrogens with zero attached hydrogens (tertiary/aromatic N) is 2. The summed E-state index contributed by atoms with van der Waals surface area (Å²) in [6.07, 6.45) is -5.59. The molecule has 41 heavy (non-hydrogen) atoms. The predicted molar refractivity (Wildman–Crippen MR) is 155 cm³/mol. The first kappa shape index (κ1) is 33.8. The summed E-state index contributed by atoms with van der Waals surface area (Å²) >= 11 is 1.77. The van der Waals surface area contributed by atoms with Crippen LogP contribution in [0.15, 0.2) is 36.4 Å². The third-order valence-electron chi connectivity index (χ3n) is 5.25. The number of alkyl halides is 3. The van der Waals surface area contributed by atoms with Crippen LogP contribution in [-0.2, 0) is 9.53 Å². The molecule has 0 spiro atoms. The van der Waals surface area contributed by atoms with Gasteiger partial charge in [-0.25, -0.2) is 14.4 Å². The molecule has 1 aromatic rings. The summed E-state index contributed by atoms with van der Waals surface area (Å²) in [5.41, 5.74) is 2.53. The lowest BCUT2D eigenvalue weighted by atomic mass is 10.1. The van der Waals surface area contributed by atoms with Crippen LogP contribution in [0.25, 0.3) is 20.8 Å². The van der Waals surface area contributed by atoms with Gasteiger partial charge in [0.1, 0.15) is 24.7 Å². The lowest BCUT2D eigenvalue weighted by molar-refractivity contribution is -0.344. The van der Waals surface area contributed by atoms with Crippen molar-refractivity contribution in [3.8, 4) is 10.6 Å². The standard InChI is InChI=1S/C27H38N4O2S.C2HF3O2/c1-18(2)16-31(17-19(3)4)21-9-11-23-25(15-21)34-24-14-20(8-10-22(24)30-23)28-12-13-29-26(32)33-27(5,6)7;3-2(4,5)1(6)7/h8-11,14-15,18-19H,12-13,16-17H2,1-7H3,(H,29,32);(H,6,7). The number of anilines is 1. The Morgan fingerprint density at radius 1 is 1.00 bits per heavy atom. The predicted octanol–water partition coefficient (Wildman–Crippen LogP) is 4.72. The number of carbonyl (C=O) groups excluding carboxylic acids is 2. The number of carboxylic acid groups (broad SMARTS) is 1. The molecular formula is C29H39F3N4O4S. The summed E-state index contributed by atoms with van der Waals surface area (Å²) in [5.74, 6) is -1.80. The Bertz CT molecular complexity index is 1350. The molecule has 226 valence electrons. The van der Waals surface area contributed by atoms with Gasteiger partial charge in [0.05, 0.1) is 20.8 Å². The van der Waals surface area contributed by atoms with Gasteiger partial charge < -0.3 is 25.3 Å². The molecule has 0 fully saturated rings. The zero-order valence-corrected chi connectivity index (χ0v) is 25.3. The van der Waals surface area contributed by atoms with Gasteiger partial charge in [-0.3, -0.25) is 0 Å². The van der Waals surface area contributed by atoms with Crippen LogP contribution in [0.3, 0.4) is 0 Å². The van der Waals surface area contributed by atoms with Crippen molar-refractivity contribution >= 4 is 39.3 Å². The van der Waals surface area contributed by atoms with Crippen molar-refractivity contribution in [2.24, 2.45) is 11.8 Å². The van der Waals surface area contributed by atoms with Gasteiger partial charge in [-0.15, -0.1) is 11.3 Å². The van der Waals surface area contributed by atoms with E-state index in [0.717, 1.165) is 34.7 Å². The number of benzene rings is 2. The van der Waals surface area contributed by atoms with Crippen LogP contribution in [0.2, 0.25) is 0 Å². The smallest absolute Gasteiger partial charge is 0.430 e. The second-order valence-corrected chi connectivity index (χ2v) is 12.5. The second-order valence-electron chi connectivity index (χ2n) is 11.4. The van der Waals surface area contributed by atoms with E-state index in [2.05, 4.69) is 67.2 Å². The van der Waals surface area contributed by atoms with E-state index in [4.69, 9.17) is 19.6 Å². The number of ether oxygens (including phenoxy) is 1. The van der Waals surface area contributed by atoms with E-state index < -0.39 is 23.8 Å². The van der Waals surface area contributed by atoms with E-state index in [1.54, 1.807) is 11.3 Å². The van der Waals surface area contributed by atoms with E-state index in [1.807, 2.05) is 32.9 Å². The van der Waals surface area contributed by atoms with E-state index in [1.165, 1.54) is 10.2 Å². The average molecular weight is 597 g/mol. The number of fused-ring (bicyclic) bond motifs is 2. The zero-order chi connectivity index (χ0) is 31.0. The van der Waals surface area contributed by atoms with Gasteiger partial charge in [-0.1, -0.05) is 27.7 Å². The molecule has 12 heteroatoms. The van der Waals surface area contributed by atoms with Crippen molar-refractivity contribution in [3.05, 3.63) is 41.8 Å². The highest BCUT2D eigenvalue weighted by Crippen LogP contribution is 2.31. The number of aromatic nitrogens is 1. The molecule has 0 aromatic heterocycles. The minimum absolute atomic E-state index is 0.398. The molecule has 0 saturated heterocycles. The maximum atomic E-state index is 11.8. The third-order valence-corrected chi connectivity index (χ3v) is 6.35. The van der Waals surface area contributed by atoms with E-state index >= 15 is 0 Å². The number of alkyl carbamates (subject to hydrolysis) is 1. The molecule has 1 amide bonds. The summed E-state index contributed by atoms with van der Waals surface area (Å²) in [7, 11) is 0. The molecule has 3 rings (SSSR count). The Hall–Kier alpha value is -3.41. The number of aliphatic carboxylic acids is 1. The van der Waals surface area contributed by atoms with Crippen LogP contribution in [0.1, 0.15) is 48.5 Å². The Morgan fingerprint density at radius 3 is 2.15 bits per heavy atom. The van der Waals surface area contributed by atoms with Crippen LogP contribution in [0.4, 0.5) is 23.7 Å². The van der Waals surface area contributed by atoms with Gasteiger partial charge in [0.2, 0.25) is 5.36 Å². The molecule has 1 aliphatic heterocycles. The third kappa shape index (κ3) is 11.9. The first-order valence-corrected chi connectivity index (χ1v) is 14.2. The molecule has 0 bridgehead atoms. The molecular weight excluding hydrogens is 557 g/mol. The molecule has 1 aromatic carbocycles. The van der Waals surface area contributed by atoms with Crippen LogP contribution in [0, 0.1) is 11.8 Å². The van der Waals surface area contributed by atoms with Gasteiger partial charge in [-0.05, 0) is 45.0 Å². The van der Waals surface area contributed by atoms with Gasteiger partial charge in [0.25, 0.3) is 0 Å². The number of nitrogens with one attached hydrogen (secondary N) is 2. The van der Waals surface area contributed by atoms with Gasteiger partial charge >= 0.3 is 12.3 Å². The van der Waals surface area contributed by atoms with Crippen molar-refractivity contribution in [2.75, 3.05) is 31.5 Å². The largest absolute Gasteiger partial charge is 0.542 e. The molecule has 0 saturated carbocycles. The van der Waals surface area contributed by atoms with Gasteiger partial charge in [-0.2, -0.15) is 13.2 Å². The number of rotatable bonds is 8. The number of halogens is 3. The first-order chi connectivity index (χ1) is 18.9. The van der Waals surface area contributed by atoms with Crippen LogP contribution in [-0.4, -0.2) is 55.0 Å². The fourth-order valence-electron chi connectivity index (χ4n) is 3.77. The molecule has 2 aliphatic rings. The average Bonchev–Trinajstić information content (AvgIpc) is 2.82. The second kappa shape index (κ2) is 14.5. The Labute approximate surface area is 242 Å². The van der Waals surface area contributed by atoms with Crippen LogP contribution < -0.4 is 25.7 Å². The Balaban J connectivity index is 0.000000745. The maximum Gasteiger partial charge on any atom is 0.430 e. The van der Waals surface area contributed by atoms with Gasteiger partial charge in [0.15, 0.2) is 0 Å². The summed E-state index contributed by atoms with van der Waals surface area (Å²) in [6.45, 7) is 17.8. The van der Waals surface area contributed by atoms with Crippen LogP contribution >= 0.6 is 11.3 Å². The number of hydrogen-bond donors (Lipinski definition) is 2. The Kier molecular flexibility index (Phi) is 11.9. The summed E-state index contributed by atoms with van der Waals surface area (Å²) < 4.78 is 40.4. The summed E-state index contributed by atoms with van der Waals surface area (Å²) in [5, 5.41) is 16.2. The highest BCUT2D eigenvalue weighted by atomic mass is 32.1. The SMILES string of the molecule is CC(C)C[N+](CC(C)C)=c1ccc2nc3ccc(NCCNC(=O)OC(C)(C)C)cc3sc-2c1.O=C([O-])C(F)(F)F. The summed E-state index contributed by atoms with van der Waals surface area (Å²) in [6, 6.07) is 12.8. The normalized spacial score (nSPS) is 11.8. The molecule has 8 nitrogen and oxygen atoms in total. The van der Waals surface area contributed by atoms with E-state index in [-0.39, 0.29) is 0 Å². The number of hydrogen-bond acceptors (Lipinski definition) is 7. The van der Waals surface area contributed by atoms with Crippen molar-refractivity contribution in [1.82, 2.24) is 14.9 Å². The Morgan fingerprint density at radius 2 is 1.61 bits per heavy atom. The van der Waals surface area contributed by atoms with E-state index in [0.29, 0.717) is 24.9 Å². The number of amides is 1. The minimum atomic E-state index is -5.19. The highest BCUT2D eigenvalue weighted by molar-refractivity contribution is 7.21. The topological polar surface area (TPSA) is 106 Å². The number of carboxylic acids is 1. The molecule has 0 atom stereocenters. The van der Waals surface area contributed by atoms with Gasteiger partial charge in [0, 0.05) is 42.7 Å². The van der Waals surface area contributed by atoms with Crippen molar-refractivity contribution in [2.45, 2.75) is 60.2 Å². The lowest BCUT2D eigenvalue weighted by Crippen LogP contribution is -2.37. The van der Waals surface area contributed by atoms with Crippen molar-refractivity contribution < 1.29 is 32.6 Å². The fourth-order valence-corrected chi connectivity index (χ4v) is 4.81. The number of carbonyl (C=O) groups is 2. The molecule has 2 N–H and O–H groups in total. The lowest BCUT2D eigenvalue weighted by Gasteiger charge is -2.19. The first-order valence-electron chi connectivity index (χ1n) is 13.4. The molecule has 1 aliphatic carbocycles. The van der Waals surface area contributed by atoms with Crippen LogP contribution in [0.5, 0.6) is 0 Å². The van der Waals surface area contributed by atoms with Crippen molar-refractivity contribution in [3.63, 3.8) is 0 Å². The maximum absolute atomic E-state index is 11.8. The fraction of sp³-hybridized carbons (Fsp3) is 0.517. The molecule has 0 unspecified atom stereocenters. The monoisotopic (exact) mass is 596 g/mol. The minimum Gasteiger partial charge on any atom is -0.542 e. The molecule has 1 heterocycles. The molecule has 0 radical (unpaired) electrons. The van der Waals surface area contributed by atoms with Crippen molar-refractivity contribution in [1.29, 1.82) is 0 Å². The quantitative estimate of drug-likeness (QED) is 0.222. The summed E-state index contributed by atoms with van der Waals surface area (Å²) in [4.78, 5) is 26.6. The van der Waals surface area contributed by atoms with E-state index in [9.17, 15) is 18.0 Å².